The highest BCUT2D eigenvalue weighted by atomic mass is 16.4. The lowest BCUT2D eigenvalue weighted by Crippen LogP contribution is -2.39. The van der Waals surface area contributed by atoms with Crippen molar-refractivity contribution in [1.82, 2.24) is 15.2 Å². The Morgan fingerprint density at radius 2 is 2.06 bits per heavy atom. The fourth-order valence-electron chi connectivity index (χ4n) is 4.52. The molecule has 1 aromatic heterocycles. The van der Waals surface area contributed by atoms with Crippen molar-refractivity contribution in [3.63, 3.8) is 0 Å². The van der Waals surface area contributed by atoms with Crippen molar-refractivity contribution in [2.24, 2.45) is 0 Å². The first kappa shape index (κ1) is 21.3. The molecule has 3 N–H and O–H groups in total. The number of carboxylic acids is 1. The molecule has 2 aromatic rings. The van der Waals surface area contributed by atoms with E-state index in [1.54, 1.807) is 0 Å². The third-order valence-corrected chi connectivity index (χ3v) is 6.09. The van der Waals surface area contributed by atoms with Gasteiger partial charge in [0.1, 0.15) is 11.9 Å². The molecule has 1 amide bonds. The summed E-state index contributed by atoms with van der Waals surface area (Å²) in [6.07, 6.45) is 4.95. The van der Waals surface area contributed by atoms with Crippen molar-refractivity contribution in [2.45, 2.75) is 50.6 Å². The minimum atomic E-state index is -0.856. The molecule has 0 bridgehead atoms. The van der Waals surface area contributed by atoms with Crippen molar-refractivity contribution in [1.29, 1.82) is 0 Å². The monoisotopic (exact) mass is 422 g/mol. The summed E-state index contributed by atoms with van der Waals surface area (Å²) < 4.78 is 0. The number of pyridine rings is 1. The highest BCUT2D eigenvalue weighted by Crippen LogP contribution is 2.25. The molecule has 1 saturated heterocycles. The number of hydrogen-bond donors (Lipinski definition) is 3. The van der Waals surface area contributed by atoms with Gasteiger partial charge in [-0.2, -0.15) is 0 Å². The van der Waals surface area contributed by atoms with Gasteiger partial charge in [-0.15, -0.1) is 0 Å². The molecule has 2 aliphatic heterocycles. The fourth-order valence-corrected chi connectivity index (χ4v) is 4.52. The van der Waals surface area contributed by atoms with E-state index in [-0.39, 0.29) is 11.9 Å². The van der Waals surface area contributed by atoms with E-state index in [2.05, 4.69) is 27.8 Å². The molecular formula is C24H30N4O3. The second kappa shape index (κ2) is 9.92. The third kappa shape index (κ3) is 5.41. The summed E-state index contributed by atoms with van der Waals surface area (Å²) in [4.78, 5) is 30.9. The van der Waals surface area contributed by atoms with E-state index in [0.717, 1.165) is 55.7 Å². The lowest BCUT2D eigenvalue weighted by atomic mass is 10.1. The number of aryl methyl sites for hydroxylation is 2. The van der Waals surface area contributed by atoms with Crippen molar-refractivity contribution >= 4 is 17.7 Å². The third-order valence-electron chi connectivity index (χ3n) is 6.09. The van der Waals surface area contributed by atoms with Crippen LogP contribution in [0, 0.1) is 0 Å². The van der Waals surface area contributed by atoms with Gasteiger partial charge in [0.2, 0.25) is 5.91 Å². The zero-order chi connectivity index (χ0) is 21.6. The summed E-state index contributed by atoms with van der Waals surface area (Å²) in [6.45, 7) is 2.18. The maximum atomic E-state index is 12.4. The zero-order valence-electron chi connectivity index (χ0n) is 17.7. The normalized spacial score (nSPS) is 19.3. The van der Waals surface area contributed by atoms with Crippen LogP contribution in [0.1, 0.15) is 48.5 Å². The van der Waals surface area contributed by atoms with E-state index in [1.165, 1.54) is 5.56 Å². The fraction of sp³-hybridized carbons (Fsp3) is 0.458. The summed E-state index contributed by atoms with van der Waals surface area (Å²) in [5.74, 6) is 0.158. The molecule has 7 heteroatoms. The molecule has 7 nitrogen and oxygen atoms in total. The van der Waals surface area contributed by atoms with Gasteiger partial charge in [-0.05, 0) is 49.3 Å². The van der Waals surface area contributed by atoms with Gasteiger partial charge in [-0.25, -0.2) is 4.98 Å². The molecule has 1 fully saturated rings. The molecule has 3 heterocycles. The van der Waals surface area contributed by atoms with Gasteiger partial charge in [0.25, 0.3) is 0 Å². The first-order valence-corrected chi connectivity index (χ1v) is 11.1. The number of hydrogen-bond acceptors (Lipinski definition) is 5. The molecule has 0 saturated carbocycles. The topological polar surface area (TPSA) is 94.6 Å². The quantitative estimate of drug-likeness (QED) is 0.606. The second-order valence-corrected chi connectivity index (χ2v) is 8.39. The van der Waals surface area contributed by atoms with E-state index in [4.69, 9.17) is 0 Å². The number of nitrogens with one attached hydrogen (secondary N) is 2. The lowest BCUT2D eigenvalue weighted by molar-refractivity contribution is -0.143. The molecule has 2 atom stereocenters. The minimum absolute atomic E-state index is 0.0101. The second-order valence-electron chi connectivity index (χ2n) is 8.39. The zero-order valence-corrected chi connectivity index (χ0v) is 17.7. The van der Waals surface area contributed by atoms with Crippen LogP contribution in [0.5, 0.6) is 0 Å². The number of fused-ring (bicyclic) bond motifs is 1. The smallest absolute Gasteiger partial charge is 0.325 e. The Hall–Kier alpha value is -2.93. The minimum Gasteiger partial charge on any atom is -0.480 e. The van der Waals surface area contributed by atoms with Crippen molar-refractivity contribution in [3.05, 3.63) is 59.3 Å². The molecule has 0 aliphatic carbocycles. The Morgan fingerprint density at radius 1 is 1.23 bits per heavy atom. The summed E-state index contributed by atoms with van der Waals surface area (Å²) in [5, 5.41) is 16.1. The first-order chi connectivity index (χ1) is 15.1. The maximum absolute atomic E-state index is 12.4. The number of carbonyl (C=O) groups excluding carboxylic acids is 1. The summed E-state index contributed by atoms with van der Waals surface area (Å²) >= 11 is 0. The van der Waals surface area contributed by atoms with Gasteiger partial charge < -0.3 is 15.7 Å². The van der Waals surface area contributed by atoms with Gasteiger partial charge in [-0.1, -0.05) is 36.4 Å². The Labute approximate surface area is 182 Å². The van der Waals surface area contributed by atoms with Crippen LogP contribution in [0.15, 0.2) is 42.5 Å². The van der Waals surface area contributed by atoms with E-state index in [9.17, 15) is 14.7 Å². The van der Waals surface area contributed by atoms with Gasteiger partial charge in [0, 0.05) is 37.8 Å². The highest BCUT2D eigenvalue weighted by molar-refractivity contribution is 5.77. The van der Waals surface area contributed by atoms with Gasteiger partial charge in [-0.3, -0.25) is 14.5 Å². The molecule has 0 spiro atoms. The number of anilines is 1. The Balaban J connectivity index is 1.24. The Morgan fingerprint density at radius 3 is 2.87 bits per heavy atom. The summed E-state index contributed by atoms with van der Waals surface area (Å²) in [6, 6.07) is 12.8. The number of carbonyl (C=O) groups is 2. The van der Waals surface area contributed by atoms with Crippen LogP contribution in [-0.4, -0.2) is 52.5 Å². The van der Waals surface area contributed by atoms with Crippen molar-refractivity contribution in [3.8, 4) is 0 Å². The van der Waals surface area contributed by atoms with Gasteiger partial charge in [0.05, 0.1) is 0 Å². The first-order valence-electron chi connectivity index (χ1n) is 11.1. The van der Waals surface area contributed by atoms with Gasteiger partial charge >= 0.3 is 5.97 Å². The van der Waals surface area contributed by atoms with Gasteiger partial charge in [0.15, 0.2) is 0 Å². The van der Waals surface area contributed by atoms with Crippen molar-refractivity contribution < 1.29 is 14.7 Å². The Bertz CT molecular complexity index is 918. The molecule has 31 heavy (non-hydrogen) atoms. The van der Waals surface area contributed by atoms with E-state index < -0.39 is 12.0 Å². The van der Waals surface area contributed by atoms with Crippen molar-refractivity contribution in [2.75, 3.05) is 25.0 Å². The molecule has 1 aromatic carbocycles. The van der Waals surface area contributed by atoms with Crippen LogP contribution in [0.4, 0.5) is 5.82 Å². The number of aliphatic carboxylic acids is 1. The highest BCUT2D eigenvalue weighted by Gasteiger charge is 2.33. The molecule has 4 rings (SSSR count). The largest absolute Gasteiger partial charge is 0.480 e. The SMILES string of the molecule is O=C(CCCc1ccc2c(n1)NCCC2)N[C@@H]1CCN(C(C(=O)O)c2ccccc2)C1. The Kier molecular flexibility index (Phi) is 6.82. The van der Waals surface area contributed by atoms with E-state index >= 15 is 0 Å². The number of carboxylic acid groups (broad SMARTS) is 1. The summed E-state index contributed by atoms with van der Waals surface area (Å²) in [7, 11) is 0. The van der Waals surface area contributed by atoms with Crippen LogP contribution >= 0.6 is 0 Å². The lowest BCUT2D eigenvalue weighted by Gasteiger charge is -2.24. The predicted octanol–water partition coefficient (Wildman–Crippen LogP) is 2.78. The van der Waals surface area contributed by atoms with Crippen LogP contribution in [0.25, 0.3) is 0 Å². The van der Waals surface area contributed by atoms with Crippen LogP contribution < -0.4 is 10.6 Å². The maximum Gasteiger partial charge on any atom is 0.325 e. The standard InChI is InChI=1S/C24H30N4O3/c29-21(10-4-9-19-12-11-18-8-5-14-25-23(18)27-19)26-20-13-15-28(16-20)22(24(30)31)17-6-2-1-3-7-17/h1-3,6-7,11-12,20,22H,4-5,8-10,13-16H2,(H,25,27)(H,26,29)(H,30,31)/t20-,22?/m1/s1. The van der Waals surface area contributed by atoms with E-state index in [1.807, 2.05) is 35.2 Å². The summed E-state index contributed by atoms with van der Waals surface area (Å²) in [5.41, 5.74) is 3.06. The number of likely N-dealkylation sites (tertiary alicyclic amines) is 1. The van der Waals surface area contributed by atoms with Crippen LogP contribution in [-0.2, 0) is 22.4 Å². The van der Waals surface area contributed by atoms with E-state index in [0.29, 0.717) is 19.5 Å². The predicted molar refractivity (Wildman–Crippen MR) is 119 cm³/mol. The molecule has 164 valence electrons. The van der Waals surface area contributed by atoms with Crippen LogP contribution in [0.3, 0.4) is 0 Å². The average molecular weight is 423 g/mol. The number of nitrogens with zero attached hydrogens (tertiary/aromatic N) is 2. The molecule has 1 unspecified atom stereocenters. The number of rotatable bonds is 8. The average Bonchev–Trinajstić information content (AvgIpc) is 3.22. The molecule has 2 aliphatic rings. The molecule has 0 radical (unpaired) electrons. The van der Waals surface area contributed by atoms with Crippen LogP contribution in [0.2, 0.25) is 0 Å². The molecular weight excluding hydrogens is 392 g/mol. The number of benzene rings is 1. The number of aromatic nitrogens is 1. The number of amides is 1.